The van der Waals surface area contributed by atoms with Crippen LogP contribution in [0.5, 0.6) is 0 Å². The summed E-state index contributed by atoms with van der Waals surface area (Å²) in [5, 5.41) is 10.8. The molecule has 0 saturated heterocycles. The van der Waals surface area contributed by atoms with Gasteiger partial charge in [0.15, 0.2) is 0 Å². The number of aliphatic hydroxyl groups is 1. The molecule has 0 radical (unpaired) electrons. The number of hydrogen-bond donors (Lipinski definition) is 1. The van der Waals surface area contributed by atoms with Gasteiger partial charge in [0.25, 0.3) is 0 Å². The highest BCUT2D eigenvalue weighted by Crippen LogP contribution is 2.38. The lowest BCUT2D eigenvalue weighted by atomic mass is 9.84. The Morgan fingerprint density at radius 1 is 1.21 bits per heavy atom. The number of hydrogen-bond acceptors (Lipinski definition) is 2. The average Bonchev–Trinajstić information content (AvgIpc) is 2.84. The first-order valence-electron chi connectivity index (χ1n) is 7.37. The summed E-state index contributed by atoms with van der Waals surface area (Å²) in [6.07, 6.45) is 5.21. The van der Waals surface area contributed by atoms with E-state index in [9.17, 15) is 5.11 Å². The number of nitrogens with zero attached hydrogens (tertiary/aromatic N) is 1. The van der Waals surface area contributed by atoms with Crippen LogP contribution in [-0.2, 0) is 6.42 Å². The van der Waals surface area contributed by atoms with Crippen LogP contribution in [0, 0.1) is 13.8 Å². The van der Waals surface area contributed by atoms with Gasteiger partial charge < -0.3 is 10.0 Å². The van der Waals surface area contributed by atoms with Crippen molar-refractivity contribution in [3.05, 3.63) is 34.9 Å². The molecule has 0 bridgehead atoms. The zero-order valence-corrected chi connectivity index (χ0v) is 12.7. The van der Waals surface area contributed by atoms with E-state index in [1.54, 1.807) is 0 Å². The van der Waals surface area contributed by atoms with Crippen LogP contribution >= 0.6 is 0 Å². The Morgan fingerprint density at radius 3 is 2.42 bits per heavy atom. The van der Waals surface area contributed by atoms with Gasteiger partial charge in [-0.2, -0.15) is 0 Å². The molecule has 1 N–H and O–H groups in total. The molecule has 19 heavy (non-hydrogen) atoms. The zero-order valence-electron chi connectivity index (χ0n) is 12.7. The van der Waals surface area contributed by atoms with Crippen molar-refractivity contribution in [1.82, 2.24) is 4.90 Å². The smallest absolute Gasteiger partial charge is 0.0763 e. The van der Waals surface area contributed by atoms with Crippen molar-refractivity contribution in [2.45, 2.75) is 57.6 Å². The van der Waals surface area contributed by atoms with Crippen molar-refractivity contribution in [1.29, 1.82) is 0 Å². The summed E-state index contributed by atoms with van der Waals surface area (Å²) in [7, 11) is 4.22. The molecule has 1 atom stereocenters. The quantitative estimate of drug-likeness (QED) is 0.900. The number of aliphatic hydroxyl groups excluding tert-OH is 1. The Kier molecular flexibility index (Phi) is 4.32. The molecule has 1 aromatic carbocycles. The third-order valence-corrected chi connectivity index (χ3v) is 4.90. The minimum absolute atomic E-state index is 0.0177. The average molecular weight is 261 g/mol. The molecule has 2 heteroatoms. The van der Waals surface area contributed by atoms with Crippen molar-refractivity contribution in [2.24, 2.45) is 0 Å². The van der Waals surface area contributed by atoms with Gasteiger partial charge in [0.05, 0.1) is 6.10 Å². The Balaban J connectivity index is 2.19. The monoisotopic (exact) mass is 261 g/mol. The predicted octanol–water partition coefficient (Wildman–Crippen LogP) is 3.08. The van der Waals surface area contributed by atoms with E-state index in [1.165, 1.54) is 29.5 Å². The van der Waals surface area contributed by atoms with Crippen molar-refractivity contribution in [3.63, 3.8) is 0 Å². The maximum absolute atomic E-state index is 10.8. The summed E-state index contributed by atoms with van der Waals surface area (Å²) in [6, 6.07) is 6.52. The summed E-state index contributed by atoms with van der Waals surface area (Å²) in [5.74, 6) is 0. The van der Waals surface area contributed by atoms with Gasteiger partial charge in [0.2, 0.25) is 0 Å². The van der Waals surface area contributed by atoms with Gasteiger partial charge in [-0.25, -0.2) is 0 Å². The largest absolute Gasteiger partial charge is 0.391 e. The molecular formula is C17H27NO. The summed E-state index contributed by atoms with van der Waals surface area (Å²) in [4.78, 5) is 2.25. The van der Waals surface area contributed by atoms with E-state index in [4.69, 9.17) is 0 Å². The zero-order chi connectivity index (χ0) is 14.0. The van der Waals surface area contributed by atoms with Gasteiger partial charge >= 0.3 is 0 Å². The van der Waals surface area contributed by atoms with Gasteiger partial charge in [-0.3, -0.25) is 0 Å². The van der Waals surface area contributed by atoms with Crippen LogP contribution in [0.15, 0.2) is 18.2 Å². The molecule has 1 saturated carbocycles. The molecule has 2 nitrogen and oxygen atoms in total. The number of likely N-dealkylation sites (N-methyl/N-ethyl adjacent to an activating group) is 1. The normalized spacial score (nSPS) is 19.9. The maximum Gasteiger partial charge on any atom is 0.0763 e. The van der Waals surface area contributed by atoms with E-state index in [-0.39, 0.29) is 11.6 Å². The molecule has 0 aromatic heterocycles. The highest BCUT2D eigenvalue weighted by atomic mass is 16.3. The lowest BCUT2D eigenvalue weighted by molar-refractivity contribution is -0.00258. The predicted molar refractivity (Wildman–Crippen MR) is 80.5 cm³/mol. The van der Waals surface area contributed by atoms with Crippen LogP contribution in [0.25, 0.3) is 0 Å². The highest BCUT2D eigenvalue weighted by Gasteiger charge is 2.42. The van der Waals surface area contributed by atoms with E-state index >= 15 is 0 Å². The van der Waals surface area contributed by atoms with Gasteiger partial charge in [-0.1, -0.05) is 36.6 Å². The molecule has 1 fully saturated rings. The van der Waals surface area contributed by atoms with Gasteiger partial charge in [0, 0.05) is 12.0 Å². The van der Waals surface area contributed by atoms with Gasteiger partial charge in [-0.15, -0.1) is 0 Å². The maximum atomic E-state index is 10.8. The first kappa shape index (κ1) is 14.5. The number of rotatable bonds is 4. The molecule has 106 valence electrons. The fourth-order valence-corrected chi connectivity index (χ4v) is 3.48. The van der Waals surface area contributed by atoms with E-state index in [0.29, 0.717) is 0 Å². The lowest BCUT2D eigenvalue weighted by Crippen LogP contribution is -2.52. The van der Waals surface area contributed by atoms with Crippen LogP contribution in [0.1, 0.15) is 42.4 Å². The fraction of sp³-hybridized carbons (Fsp3) is 0.647. The Bertz CT molecular complexity index is 433. The van der Waals surface area contributed by atoms with Crippen LogP contribution in [-0.4, -0.2) is 35.7 Å². The summed E-state index contributed by atoms with van der Waals surface area (Å²) in [5.41, 5.74) is 3.84. The molecule has 0 heterocycles. The van der Waals surface area contributed by atoms with Crippen molar-refractivity contribution < 1.29 is 5.11 Å². The van der Waals surface area contributed by atoms with Crippen LogP contribution in [0.4, 0.5) is 0 Å². The van der Waals surface area contributed by atoms with Crippen LogP contribution in [0.3, 0.4) is 0 Å². The van der Waals surface area contributed by atoms with Crippen molar-refractivity contribution in [3.8, 4) is 0 Å². The summed E-state index contributed by atoms with van der Waals surface area (Å²) >= 11 is 0. The number of benzene rings is 1. The molecular weight excluding hydrogens is 234 g/mol. The molecule has 0 spiro atoms. The first-order valence-corrected chi connectivity index (χ1v) is 7.37. The van der Waals surface area contributed by atoms with Crippen LogP contribution < -0.4 is 0 Å². The van der Waals surface area contributed by atoms with Crippen LogP contribution in [0.2, 0.25) is 0 Å². The minimum Gasteiger partial charge on any atom is -0.391 e. The van der Waals surface area contributed by atoms with Crippen molar-refractivity contribution >= 4 is 0 Å². The lowest BCUT2D eigenvalue weighted by Gasteiger charge is -2.41. The minimum atomic E-state index is -0.273. The molecule has 1 unspecified atom stereocenters. The second-order valence-electron chi connectivity index (χ2n) is 6.35. The summed E-state index contributed by atoms with van der Waals surface area (Å²) in [6.45, 7) is 4.26. The highest BCUT2D eigenvalue weighted by molar-refractivity contribution is 5.31. The second kappa shape index (κ2) is 5.64. The molecule has 0 amide bonds. The van der Waals surface area contributed by atoms with E-state index in [1.807, 2.05) is 0 Å². The number of aryl methyl sites for hydroxylation is 2. The second-order valence-corrected chi connectivity index (χ2v) is 6.35. The van der Waals surface area contributed by atoms with E-state index < -0.39 is 0 Å². The third kappa shape index (κ3) is 2.85. The van der Waals surface area contributed by atoms with E-state index in [2.05, 4.69) is 51.0 Å². The van der Waals surface area contributed by atoms with E-state index in [0.717, 1.165) is 19.3 Å². The van der Waals surface area contributed by atoms with Gasteiger partial charge in [0.1, 0.15) is 0 Å². The SMILES string of the molecule is Cc1ccc(C)c(CC(O)C2(N(C)C)CCCC2)c1. The first-order chi connectivity index (χ1) is 8.95. The van der Waals surface area contributed by atoms with Gasteiger partial charge in [-0.05, 0) is 51.9 Å². The molecule has 1 aromatic rings. The summed E-state index contributed by atoms with van der Waals surface area (Å²) < 4.78 is 0. The van der Waals surface area contributed by atoms with Crippen molar-refractivity contribution in [2.75, 3.05) is 14.1 Å². The molecule has 2 rings (SSSR count). The fourth-order valence-electron chi connectivity index (χ4n) is 3.48. The third-order valence-electron chi connectivity index (χ3n) is 4.90. The molecule has 1 aliphatic carbocycles. The standard InChI is InChI=1S/C17H27NO/c1-13-7-8-14(2)15(11-13)12-16(19)17(18(3)4)9-5-6-10-17/h7-8,11,16,19H,5-6,9-10,12H2,1-4H3. The Labute approximate surface area is 117 Å². The molecule has 0 aliphatic heterocycles. The topological polar surface area (TPSA) is 23.5 Å². The Morgan fingerprint density at radius 2 is 1.84 bits per heavy atom. The Hall–Kier alpha value is -0.860. The molecule has 1 aliphatic rings.